The minimum atomic E-state index is -3.27. The van der Waals surface area contributed by atoms with Crippen molar-refractivity contribution in [3.05, 3.63) is 35.2 Å². The van der Waals surface area contributed by atoms with Crippen molar-refractivity contribution in [2.24, 2.45) is 0 Å². The Labute approximate surface area is 135 Å². The lowest BCUT2D eigenvalue weighted by Gasteiger charge is -2.34. The van der Waals surface area contributed by atoms with Crippen LogP contribution in [0.25, 0.3) is 10.1 Å². The molecule has 0 atom stereocenters. The van der Waals surface area contributed by atoms with Crippen molar-refractivity contribution in [2.45, 2.75) is 6.54 Å². The molecule has 0 saturated carbocycles. The van der Waals surface area contributed by atoms with E-state index in [2.05, 4.69) is 35.2 Å². The van der Waals surface area contributed by atoms with E-state index in [0.29, 0.717) is 13.1 Å². The predicted octanol–water partition coefficient (Wildman–Crippen LogP) is 1.83. The number of rotatable bonds is 4. The summed E-state index contributed by atoms with van der Waals surface area (Å²) < 4.78 is 28.4. The molecule has 0 spiro atoms. The molecule has 2 aromatic rings. The largest absolute Gasteiger partial charge is 0.296 e. The van der Waals surface area contributed by atoms with Crippen molar-refractivity contribution >= 4 is 31.6 Å². The van der Waals surface area contributed by atoms with Gasteiger partial charge in [0.2, 0.25) is 0 Å². The molecular formula is C15H21N3O2S2. The summed E-state index contributed by atoms with van der Waals surface area (Å²) >= 11 is 1.82. The number of thiophene rings is 1. The maximum Gasteiger partial charge on any atom is 0.281 e. The van der Waals surface area contributed by atoms with Crippen LogP contribution in [0.4, 0.5) is 0 Å². The van der Waals surface area contributed by atoms with Crippen LogP contribution in [0.2, 0.25) is 0 Å². The molecule has 2 heterocycles. The molecule has 3 rings (SSSR count). The van der Waals surface area contributed by atoms with Crippen LogP contribution in [-0.2, 0) is 16.8 Å². The van der Waals surface area contributed by atoms with E-state index in [1.807, 2.05) is 11.3 Å². The molecule has 1 saturated heterocycles. The highest BCUT2D eigenvalue weighted by molar-refractivity contribution is 7.86. The van der Waals surface area contributed by atoms with E-state index < -0.39 is 10.2 Å². The SMILES string of the molecule is CN(C)S(=O)(=O)N1CCN(Cc2cc3ccccc3s2)CC1. The Bertz CT molecular complexity index is 714. The Morgan fingerprint density at radius 3 is 2.45 bits per heavy atom. The van der Waals surface area contributed by atoms with E-state index in [9.17, 15) is 8.42 Å². The standard InChI is InChI=1S/C15H21N3O2S2/c1-16(2)22(19,20)18-9-7-17(8-10-18)12-14-11-13-5-3-4-6-15(13)21-14/h3-6,11H,7-10,12H2,1-2H3. The van der Waals surface area contributed by atoms with Crippen LogP contribution in [0.15, 0.2) is 30.3 Å². The Morgan fingerprint density at radius 2 is 1.82 bits per heavy atom. The quantitative estimate of drug-likeness (QED) is 0.853. The monoisotopic (exact) mass is 339 g/mol. The number of piperazine rings is 1. The van der Waals surface area contributed by atoms with Crippen LogP contribution < -0.4 is 0 Å². The molecule has 1 aromatic heterocycles. The molecule has 1 aromatic carbocycles. The van der Waals surface area contributed by atoms with Gasteiger partial charge in [0.15, 0.2) is 0 Å². The summed E-state index contributed by atoms with van der Waals surface area (Å²) in [6, 6.07) is 10.6. The molecule has 22 heavy (non-hydrogen) atoms. The Balaban J connectivity index is 1.62. The summed E-state index contributed by atoms with van der Waals surface area (Å²) in [7, 11) is -0.110. The van der Waals surface area contributed by atoms with Crippen molar-refractivity contribution < 1.29 is 8.42 Å². The van der Waals surface area contributed by atoms with Crippen molar-refractivity contribution in [1.29, 1.82) is 0 Å². The van der Waals surface area contributed by atoms with Gasteiger partial charge in [-0.2, -0.15) is 17.0 Å². The number of hydrogen-bond acceptors (Lipinski definition) is 4. The minimum Gasteiger partial charge on any atom is -0.296 e. The second-order valence-electron chi connectivity index (χ2n) is 5.72. The zero-order valence-corrected chi connectivity index (χ0v) is 14.5. The molecule has 0 bridgehead atoms. The molecule has 0 aliphatic carbocycles. The highest BCUT2D eigenvalue weighted by Crippen LogP contribution is 2.26. The average Bonchev–Trinajstić information content (AvgIpc) is 2.89. The van der Waals surface area contributed by atoms with E-state index >= 15 is 0 Å². The predicted molar refractivity (Wildman–Crippen MR) is 91.3 cm³/mol. The number of hydrogen-bond donors (Lipinski definition) is 0. The first-order valence-electron chi connectivity index (χ1n) is 7.34. The normalized spacial score (nSPS) is 18.3. The highest BCUT2D eigenvalue weighted by Gasteiger charge is 2.28. The number of nitrogens with zero attached hydrogens (tertiary/aromatic N) is 3. The summed E-state index contributed by atoms with van der Waals surface area (Å²) in [4.78, 5) is 3.66. The van der Waals surface area contributed by atoms with Crippen LogP contribution in [0.3, 0.4) is 0 Å². The third-order valence-corrected chi connectivity index (χ3v) is 7.02. The van der Waals surface area contributed by atoms with E-state index in [-0.39, 0.29) is 0 Å². The smallest absolute Gasteiger partial charge is 0.281 e. The minimum absolute atomic E-state index is 0.561. The maximum atomic E-state index is 12.1. The fourth-order valence-corrected chi connectivity index (χ4v) is 4.88. The van der Waals surface area contributed by atoms with Crippen LogP contribution in [0.1, 0.15) is 4.88 Å². The van der Waals surface area contributed by atoms with Gasteiger partial charge < -0.3 is 0 Å². The molecule has 0 amide bonds. The third-order valence-electron chi connectivity index (χ3n) is 3.97. The fraction of sp³-hybridized carbons (Fsp3) is 0.467. The van der Waals surface area contributed by atoms with Crippen molar-refractivity contribution in [1.82, 2.24) is 13.5 Å². The molecule has 7 heteroatoms. The average molecular weight is 339 g/mol. The molecule has 0 N–H and O–H groups in total. The van der Waals surface area contributed by atoms with Gasteiger partial charge in [-0.05, 0) is 17.5 Å². The third kappa shape index (κ3) is 3.18. The van der Waals surface area contributed by atoms with Crippen molar-refractivity contribution in [3.63, 3.8) is 0 Å². The van der Waals surface area contributed by atoms with E-state index in [1.54, 1.807) is 18.4 Å². The molecule has 0 radical (unpaired) electrons. The molecule has 1 fully saturated rings. The molecule has 120 valence electrons. The summed E-state index contributed by atoms with van der Waals surface area (Å²) in [5.41, 5.74) is 0. The summed E-state index contributed by atoms with van der Waals surface area (Å²) in [5.74, 6) is 0. The van der Waals surface area contributed by atoms with Gasteiger partial charge in [0.25, 0.3) is 10.2 Å². The summed E-state index contributed by atoms with van der Waals surface area (Å²) in [6.45, 7) is 3.58. The van der Waals surface area contributed by atoms with Gasteiger partial charge in [-0.3, -0.25) is 4.90 Å². The second kappa shape index (κ2) is 6.25. The molecule has 1 aliphatic rings. The summed E-state index contributed by atoms with van der Waals surface area (Å²) in [5, 5.41) is 1.29. The lowest BCUT2D eigenvalue weighted by Crippen LogP contribution is -2.51. The first-order chi connectivity index (χ1) is 10.5. The first kappa shape index (κ1) is 15.9. The van der Waals surface area contributed by atoms with Gasteiger partial charge in [0.05, 0.1) is 0 Å². The number of fused-ring (bicyclic) bond motifs is 1. The topological polar surface area (TPSA) is 43.9 Å². The van der Waals surface area contributed by atoms with E-state index in [1.165, 1.54) is 19.3 Å². The van der Waals surface area contributed by atoms with Crippen molar-refractivity contribution in [3.8, 4) is 0 Å². The van der Waals surface area contributed by atoms with Gasteiger partial charge in [-0.15, -0.1) is 11.3 Å². The zero-order chi connectivity index (χ0) is 15.7. The fourth-order valence-electron chi connectivity index (χ4n) is 2.68. The molecule has 0 unspecified atom stereocenters. The zero-order valence-electron chi connectivity index (χ0n) is 12.9. The Morgan fingerprint density at radius 1 is 1.14 bits per heavy atom. The number of benzene rings is 1. The van der Waals surface area contributed by atoms with Crippen LogP contribution in [0.5, 0.6) is 0 Å². The van der Waals surface area contributed by atoms with Gasteiger partial charge in [-0.25, -0.2) is 0 Å². The van der Waals surface area contributed by atoms with Crippen LogP contribution >= 0.6 is 11.3 Å². The van der Waals surface area contributed by atoms with Gasteiger partial charge in [0.1, 0.15) is 0 Å². The molecule has 5 nitrogen and oxygen atoms in total. The highest BCUT2D eigenvalue weighted by atomic mass is 32.2. The van der Waals surface area contributed by atoms with Gasteiger partial charge in [0, 0.05) is 56.4 Å². The van der Waals surface area contributed by atoms with E-state index in [0.717, 1.165) is 19.6 Å². The lowest BCUT2D eigenvalue weighted by molar-refractivity contribution is 0.178. The van der Waals surface area contributed by atoms with Gasteiger partial charge in [-0.1, -0.05) is 18.2 Å². The van der Waals surface area contributed by atoms with Crippen molar-refractivity contribution in [2.75, 3.05) is 40.3 Å². The van der Waals surface area contributed by atoms with Crippen LogP contribution in [0, 0.1) is 0 Å². The maximum absolute atomic E-state index is 12.1. The van der Waals surface area contributed by atoms with E-state index in [4.69, 9.17) is 0 Å². The Kier molecular flexibility index (Phi) is 4.52. The van der Waals surface area contributed by atoms with Crippen LogP contribution in [-0.4, -0.2) is 62.2 Å². The first-order valence-corrected chi connectivity index (χ1v) is 9.55. The Hall–Kier alpha value is -0.990. The molecule has 1 aliphatic heterocycles. The van der Waals surface area contributed by atoms with Gasteiger partial charge >= 0.3 is 0 Å². The summed E-state index contributed by atoms with van der Waals surface area (Å²) in [6.07, 6.45) is 0. The molecular weight excluding hydrogens is 318 g/mol. The lowest BCUT2D eigenvalue weighted by atomic mass is 10.2. The second-order valence-corrected chi connectivity index (χ2v) is 9.03.